The van der Waals surface area contributed by atoms with Gasteiger partial charge in [-0.15, -0.1) is 11.8 Å². The standard InChI is InChI=1S/C13H18N2.C11H16S/c1-5-6-10(2)11(3)7-13-8-14-12(4)15-9-13;1-5-7-8-11(6-2)9-12-10(3)4/h6,8-9H,3,5,7H2,1-2,4H3;5-8H,2-3,9H2,1,4H3/b;7-5-,11-8+. The number of aryl methyl sites for hydroxylation is 1. The molecule has 0 saturated heterocycles. The second kappa shape index (κ2) is 15.0. The Morgan fingerprint density at radius 2 is 1.81 bits per heavy atom. The molecular formula is C24H34N2S. The maximum absolute atomic E-state index is 4.17. The molecule has 0 bridgehead atoms. The Kier molecular flexibility index (Phi) is 13.8. The molecule has 146 valence electrons. The van der Waals surface area contributed by atoms with E-state index in [0.717, 1.165) is 40.5 Å². The zero-order valence-corrected chi connectivity index (χ0v) is 18.4. The van der Waals surface area contributed by atoms with Gasteiger partial charge in [-0.1, -0.05) is 62.6 Å². The molecule has 1 aromatic rings. The average molecular weight is 383 g/mol. The first kappa shape index (κ1) is 24.9. The monoisotopic (exact) mass is 382 g/mol. The molecule has 0 aromatic carbocycles. The van der Waals surface area contributed by atoms with E-state index < -0.39 is 0 Å². The van der Waals surface area contributed by atoms with Crippen molar-refractivity contribution in [3.05, 3.63) is 95.5 Å². The summed E-state index contributed by atoms with van der Waals surface area (Å²) in [6.45, 7) is 21.8. The van der Waals surface area contributed by atoms with E-state index in [0.29, 0.717) is 0 Å². The second-order valence-electron chi connectivity index (χ2n) is 6.18. The van der Waals surface area contributed by atoms with Crippen LogP contribution in [0.15, 0.2) is 84.1 Å². The van der Waals surface area contributed by atoms with Crippen LogP contribution in [0.3, 0.4) is 0 Å². The number of nitrogens with zero attached hydrogens (tertiary/aromatic N) is 2. The molecule has 0 amide bonds. The van der Waals surface area contributed by atoms with E-state index in [1.165, 1.54) is 11.1 Å². The van der Waals surface area contributed by atoms with E-state index in [-0.39, 0.29) is 0 Å². The fraction of sp³-hybridized carbons (Fsp3) is 0.333. The molecule has 1 heterocycles. The lowest BCUT2D eigenvalue weighted by Crippen LogP contribution is -1.95. The normalized spacial score (nSPS) is 11.7. The highest BCUT2D eigenvalue weighted by molar-refractivity contribution is 8.03. The Bertz CT molecular complexity index is 692. The molecule has 0 atom stereocenters. The zero-order valence-electron chi connectivity index (χ0n) is 17.6. The zero-order chi connectivity index (χ0) is 20.7. The number of hydrogen-bond acceptors (Lipinski definition) is 3. The fourth-order valence-corrected chi connectivity index (χ4v) is 2.58. The predicted molar refractivity (Wildman–Crippen MR) is 124 cm³/mol. The SMILES string of the molecule is C=C(Cc1cnc(C)nc1)C(C)=CCC.C=C/C(=C\C=C/C)CSC(=C)C. The maximum Gasteiger partial charge on any atom is 0.125 e. The van der Waals surface area contributed by atoms with Gasteiger partial charge in [-0.05, 0) is 55.7 Å². The van der Waals surface area contributed by atoms with E-state index >= 15 is 0 Å². The van der Waals surface area contributed by atoms with Crippen LogP contribution >= 0.6 is 11.8 Å². The van der Waals surface area contributed by atoms with Crippen LogP contribution in [0.25, 0.3) is 0 Å². The van der Waals surface area contributed by atoms with Crippen molar-refractivity contribution in [1.29, 1.82) is 0 Å². The molecule has 0 saturated carbocycles. The highest BCUT2D eigenvalue weighted by Gasteiger charge is 2.00. The van der Waals surface area contributed by atoms with Gasteiger partial charge < -0.3 is 0 Å². The third-order valence-electron chi connectivity index (χ3n) is 3.57. The van der Waals surface area contributed by atoms with Crippen molar-refractivity contribution in [3.8, 4) is 0 Å². The van der Waals surface area contributed by atoms with Crippen molar-refractivity contribution in [3.63, 3.8) is 0 Å². The van der Waals surface area contributed by atoms with E-state index in [2.05, 4.69) is 55.7 Å². The van der Waals surface area contributed by atoms with Gasteiger partial charge in [0, 0.05) is 24.6 Å². The molecule has 2 nitrogen and oxygen atoms in total. The van der Waals surface area contributed by atoms with Crippen molar-refractivity contribution in [2.75, 3.05) is 5.75 Å². The van der Waals surface area contributed by atoms with Crippen molar-refractivity contribution in [2.45, 2.75) is 47.5 Å². The molecule has 27 heavy (non-hydrogen) atoms. The summed E-state index contributed by atoms with van der Waals surface area (Å²) in [6.07, 6.45) is 15.8. The number of aromatic nitrogens is 2. The van der Waals surface area contributed by atoms with Crippen molar-refractivity contribution < 1.29 is 0 Å². The van der Waals surface area contributed by atoms with Gasteiger partial charge in [0.15, 0.2) is 0 Å². The summed E-state index contributed by atoms with van der Waals surface area (Å²) in [5.41, 5.74) is 4.76. The first-order valence-electron chi connectivity index (χ1n) is 9.19. The third-order valence-corrected chi connectivity index (χ3v) is 4.54. The molecule has 0 fully saturated rings. The summed E-state index contributed by atoms with van der Waals surface area (Å²) < 4.78 is 0. The largest absolute Gasteiger partial charge is 0.241 e. The van der Waals surface area contributed by atoms with Crippen LogP contribution in [0.2, 0.25) is 0 Å². The number of thioether (sulfide) groups is 1. The number of rotatable bonds is 9. The molecule has 0 aliphatic rings. The molecule has 1 rings (SSSR count). The van der Waals surface area contributed by atoms with Crippen LogP contribution in [0, 0.1) is 6.92 Å². The predicted octanol–water partition coefficient (Wildman–Crippen LogP) is 7.18. The van der Waals surface area contributed by atoms with E-state index in [4.69, 9.17) is 0 Å². The minimum absolute atomic E-state index is 0.810. The second-order valence-corrected chi connectivity index (χ2v) is 7.45. The van der Waals surface area contributed by atoms with Gasteiger partial charge >= 0.3 is 0 Å². The Morgan fingerprint density at radius 3 is 2.30 bits per heavy atom. The van der Waals surface area contributed by atoms with Crippen LogP contribution in [0.4, 0.5) is 0 Å². The number of hydrogen-bond donors (Lipinski definition) is 0. The summed E-state index contributed by atoms with van der Waals surface area (Å²) in [6, 6.07) is 0. The molecule has 0 aliphatic carbocycles. The van der Waals surface area contributed by atoms with Gasteiger partial charge in [0.05, 0.1) is 0 Å². The minimum Gasteiger partial charge on any atom is -0.241 e. The lowest BCUT2D eigenvalue weighted by Gasteiger charge is -2.05. The van der Waals surface area contributed by atoms with Crippen LogP contribution < -0.4 is 0 Å². The Labute approximate surface area is 170 Å². The van der Waals surface area contributed by atoms with Crippen LogP contribution in [0.1, 0.15) is 45.5 Å². The van der Waals surface area contributed by atoms with Crippen molar-refractivity contribution >= 4 is 11.8 Å². The van der Waals surface area contributed by atoms with E-state index in [1.54, 1.807) is 11.8 Å². The molecular weight excluding hydrogens is 348 g/mol. The minimum atomic E-state index is 0.810. The molecule has 3 heteroatoms. The molecule has 0 N–H and O–H groups in total. The van der Waals surface area contributed by atoms with Crippen molar-refractivity contribution in [2.24, 2.45) is 0 Å². The molecule has 0 aliphatic heterocycles. The van der Waals surface area contributed by atoms with Gasteiger partial charge in [-0.3, -0.25) is 0 Å². The topological polar surface area (TPSA) is 25.8 Å². The first-order valence-corrected chi connectivity index (χ1v) is 10.2. The first-order chi connectivity index (χ1) is 12.8. The molecule has 0 radical (unpaired) electrons. The average Bonchev–Trinajstić information content (AvgIpc) is 2.64. The lowest BCUT2D eigenvalue weighted by molar-refractivity contribution is 0.996. The lowest BCUT2D eigenvalue weighted by atomic mass is 10.0. The molecule has 0 unspecified atom stereocenters. The van der Waals surface area contributed by atoms with E-state index in [9.17, 15) is 0 Å². The van der Waals surface area contributed by atoms with Gasteiger partial charge in [-0.25, -0.2) is 9.97 Å². The highest BCUT2D eigenvalue weighted by atomic mass is 32.2. The summed E-state index contributed by atoms with van der Waals surface area (Å²) in [5.74, 6) is 1.77. The van der Waals surface area contributed by atoms with Crippen LogP contribution in [0.5, 0.6) is 0 Å². The third kappa shape index (κ3) is 12.8. The van der Waals surface area contributed by atoms with Crippen molar-refractivity contribution in [1.82, 2.24) is 9.97 Å². The van der Waals surface area contributed by atoms with E-state index in [1.807, 2.05) is 51.4 Å². The van der Waals surface area contributed by atoms with Gasteiger partial charge in [0.1, 0.15) is 5.82 Å². The van der Waals surface area contributed by atoms with Gasteiger partial charge in [-0.2, -0.15) is 0 Å². The Hall–Kier alpha value is -2.13. The summed E-state index contributed by atoms with van der Waals surface area (Å²) >= 11 is 1.75. The fourth-order valence-electron chi connectivity index (χ4n) is 1.95. The Balaban J connectivity index is 0.000000516. The highest BCUT2D eigenvalue weighted by Crippen LogP contribution is 2.16. The maximum atomic E-state index is 4.17. The number of allylic oxidation sites excluding steroid dienone is 8. The summed E-state index contributed by atoms with van der Waals surface area (Å²) in [5, 5.41) is 0. The van der Waals surface area contributed by atoms with Gasteiger partial charge in [0.25, 0.3) is 0 Å². The molecule has 0 spiro atoms. The van der Waals surface area contributed by atoms with Gasteiger partial charge in [0.2, 0.25) is 0 Å². The smallest absolute Gasteiger partial charge is 0.125 e. The quantitative estimate of drug-likeness (QED) is 0.423. The molecule has 1 aromatic heterocycles. The van der Waals surface area contributed by atoms with Crippen LogP contribution in [-0.4, -0.2) is 15.7 Å². The summed E-state index contributed by atoms with van der Waals surface area (Å²) in [4.78, 5) is 9.47. The summed E-state index contributed by atoms with van der Waals surface area (Å²) in [7, 11) is 0. The van der Waals surface area contributed by atoms with Crippen LogP contribution in [-0.2, 0) is 6.42 Å². The Morgan fingerprint density at radius 1 is 1.19 bits per heavy atom.